The molecule has 0 aliphatic carbocycles. The number of hydrogen-bond donors (Lipinski definition) is 0. The first kappa shape index (κ1) is 24.1. The van der Waals surface area contributed by atoms with E-state index in [1.54, 1.807) is 19.2 Å². The van der Waals surface area contributed by atoms with E-state index < -0.39 is 11.2 Å². The molecule has 2 aromatic heterocycles. The zero-order chi connectivity index (χ0) is 25.4. The van der Waals surface area contributed by atoms with Crippen molar-refractivity contribution in [3.8, 4) is 0 Å². The first-order valence-corrected chi connectivity index (χ1v) is 12.3. The molecule has 3 heterocycles. The van der Waals surface area contributed by atoms with Crippen LogP contribution in [0.2, 0.25) is 5.02 Å². The molecule has 9 heteroatoms. The molecule has 0 bridgehead atoms. The minimum Gasteiger partial charge on any atom is -0.342 e. The van der Waals surface area contributed by atoms with Crippen molar-refractivity contribution in [3.05, 3.63) is 96.9 Å². The van der Waals surface area contributed by atoms with Crippen LogP contribution in [0.15, 0.2) is 63.7 Å². The van der Waals surface area contributed by atoms with Crippen LogP contribution in [0.4, 0.5) is 10.3 Å². The van der Waals surface area contributed by atoms with Crippen LogP contribution in [0, 0.1) is 5.82 Å². The van der Waals surface area contributed by atoms with Crippen LogP contribution in [0.25, 0.3) is 17.2 Å². The van der Waals surface area contributed by atoms with Crippen molar-refractivity contribution in [1.29, 1.82) is 0 Å². The summed E-state index contributed by atoms with van der Waals surface area (Å²) in [5, 5.41) is 0.710. The summed E-state index contributed by atoms with van der Waals surface area (Å²) < 4.78 is 17.9. The predicted molar refractivity (Wildman–Crippen MR) is 141 cm³/mol. The van der Waals surface area contributed by atoms with Gasteiger partial charge in [-0.3, -0.25) is 18.5 Å². The number of fused-ring (bicyclic) bond motifs is 1. The Morgan fingerprint density at radius 1 is 1.03 bits per heavy atom. The van der Waals surface area contributed by atoms with Crippen molar-refractivity contribution < 1.29 is 4.39 Å². The lowest BCUT2D eigenvalue weighted by atomic mass is 10.0. The van der Waals surface area contributed by atoms with Gasteiger partial charge in [0.2, 0.25) is 5.95 Å². The van der Waals surface area contributed by atoms with Gasteiger partial charge >= 0.3 is 5.69 Å². The quantitative estimate of drug-likeness (QED) is 0.412. The summed E-state index contributed by atoms with van der Waals surface area (Å²) in [6.45, 7) is 1.81. The van der Waals surface area contributed by atoms with Gasteiger partial charge in [0.05, 0.1) is 6.54 Å². The summed E-state index contributed by atoms with van der Waals surface area (Å²) in [6, 6.07) is 14.0. The van der Waals surface area contributed by atoms with Gasteiger partial charge in [0.25, 0.3) is 5.56 Å². The lowest BCUT2D eigenvalue weighted by Crippen LogP contribution is -2.37. The highest BCUT2D eigenvalue weighted by atomic mass is 35.5. The van der Waals surface area contributed by atoms with Gasteiger partial charge in [0.15, 0.2) is 11.2 Å². The third-order valence-corrected chi connectivity index (χ3v) is 6.95. The van der Waals surface area contributed by atoms with Crippen LogP contribution in [-0.2, 0) is 20.6 Å². The minimum absolute atomic E-state index is 0.320. The molecule has 0 amide bonds. The molecular formula is C27H27ClFN5O2. The molecule has 0 spiro atoms. The highest BCUT2D eigenvalue weighted by Gasteiger charge is 2.24. The molecule has 0 atom stereocenters. The molecule has 1 aliphatic heterocycles. The lowest BCUT2D eigenvalue weighted by molar-refractivity contribution is 0.626. The summed E-state index contributed by atoms with van der Waals surface area (Å²) in [6.07, 6.45) is 4.89. The van der Waals surface area contributed by atoms with Crippen LogP contribution in [0.5, 0.6) is 0 Å². The SMILES string of the molecule is Cn1c(=O)c2c(nc(N3CCC/C(=C/c4cccc(Cl)c4)CC3)n2Cc2ccc(F)cc2)n(C)c1=O. The van der Waals surface area contributed by atoms with E-state index >= 15 is 0 Å². The number of aryl methyl sites for hydroxylation is 1. The lowest BCUT2D eigenvalue weighted by Gasteiger charge is -2.22. The molecular weight excluding hydrogens is 481 g/mol. The fourth-order valence-electron chi connectivity index (χ4n) is 4.79. The van der Waals surface area contributed by atoms with Crippen LogP contribution < -0.4 is 16.1 Å². The number of rotatable bonds is 4. The molecule has 0 radical (unpaired) electrons. The number of aromatic nitrogens is 4. The highest BCUT2D eigenvalue weighted by Crippen LogP contribution is 2.27. The third-order valence-electron chi connectivity index (χ3n) is 6.71. The average molecular weight is 508 g/mol. The molecule has 1 saturated heterocycles. The molecule has 0 saturated carbocycles. The zero-order valence-electron chi connectivity index (χ0n) is 20.2. The van der Waals surface area contributed by atoms with E-state index in [1.807, 2.05) is 28.8 Å². The Morgan fingerprint density at radius 3 is 2.56 bits per heavy atom. The van der Waals surface area contributed by atoms with E-state index in [1.165, 1.54) is 29.3 Å². The van der Waals surface area contributed by atoms with Gasteiger partial charge in [0, 0.05) is 32.2 Å². The summed E-state index contributed by atoms with van der Waals surface area (Å²) in [5.74, 6) is 0.316. The maximum atomic E-state index is 13.5. The molecule has 4 aromatic rings. The molecule has 7 nitrogen and oxygen atoms in total. The maximum absolute atomic E-state index is 13.5. The smallest absolute Gasteiger partial charge is 0.332 e. The van der Waals surface area contributed by atoms with E-state index in [9.17, 15) is 14.0 Å². The number of anilines is 1. The number of hydrogen-bond acceptors (Lipinski definition) is 4. The van der Waals surface area contributed by atoms with Crippen LogP contribution in [-0.4, -0.2) is 31.8 Å². The van der Waals surface area contributed by atoms with Crippen molar-refractivity contribution in [2.75, 3.05) is 18.0 Å². The van der Waals surface area contributed by atoms with Gasteiger partial charge in [0.1, 0.15) is 5.82 Å². The van der Waals surface area contributed by atoms with Crippen molar-refractivity contribution in [3.63, 3.8) is 0 Å². The van der Waals surface area contributed by atoms with Crippen LogP contribution in [0.3, 0.4) is 0 Å². The first-order valence-electron chi connectivity index (χ1n) is 11.9. The molecule has 0 N–H and O–H groups in total. The molecule has 5 rings (SSSR count). The van der Waals surface area contributed by atoms with Gasteiger partial charge in [-0.15, -0.1) is 0 Å². The van der Waals surface area contributed by atoms with Gasteiger partial charge in [-0.2, -0.15) is 4.98 Å². The maximum Gasteiger partial charge on any atom is 0.332 e. The third kappa shape index (κ3) is 4.60. The van der Waals surface area contributed by atoms with Crippen LogP contribution >= 0.6 is 11.6 Å². The Bertz CT molecular complexity index is 1580. The second-order valence-corrected chi connectivity index (χ2v) is 9.64. The van der Waals surface area contributed by atoms with Crippen molar-refractivity contribution in [1.82, 2.24) is 18.7 Å². The second kappa shape index (κ2) is 9.78. The molecule has 36 heavy (non-hydrogen) atoms. The van der Waals surface area contributed by atoms with Crippen LogP contribution in [0.1, 0.15) is 30.4 Å². The van der Waals surface area contributed by atoms with E-state index in [0.717, 1.165) is 41.5 Å². The summed E-state index contributed by atoms with van der Waals surface area (Å²) in [7, 11) is 3.09. The normalized spacial score (nSPS) is 15.6. The van der Waals surface area contributed by atoms with E-state index in [0.29, 0.717) is 35.2 Å². The fourth-order valence-corrected chi connectivity index (χ4v) is 4.99. The van der Waals surface area contributed by atoms with E-state index in [-0.39, 0.29) is 5.82 Å². The first-order chi connectivity index (χ1) is 17.3. The van der Waals surface area contributed by atoms with E-state index in [4.69, 9.17) is 16.6 Å². The predicted octanol–water partition coefficient (Wildman–Crippen LogP) is 4.35. The standard InChI is InChI=1S/C27H27ClFN5O2/c1-31-24-23(25(35)32(2)27(31)36)34(17-19-8-10-22(29)11-9-19)26(30-24)33-13-4-6-18(12-14-33)15-20-5-3-7-21(28)16-20/h3,5,7-11,15-16H,4,6,12-14,17H2,1-2H3/b18-15-. The number of nitrogens with zero attached hydrogens (tertiary/aromatic N) is 5. The average Bonchev–Trinajstić information content (AvgIpc) is 3.07. The van der Waals surface area contributed by atoms with E-state index in [2.05, 4.69) is 11.0 Å². The molecule has 1 fully saturated rings. The van der Waals surface area contributed by atoms with Crippen molar-refractivity contribution in [2.24, 2.45) is 14.1 Å². The van der Waals surface area contributed by atoms with Gasteiger partial charge in [-0.1, -0.05) is 47.5 Å². The Kier molecular flexibility index (Phi) is 6.53. The van der Waals surface area contributed by atoms with Gasteiger partial charge in [-0.05, 0) is 54.7 Å². The van der Waals surface area contributed by atoms with Gasteiger partial charge < -0.3 is 4.90 Å². The van der Waals surface area contributed by atoms with Crippen molar-refractivity contribution >= 4 is 34.8 Å². The molecule has 2 aromatic carbocycles. The summed E-state index contributed by atoms with van der Waals surface area (Å²) in [5.41, 5.74) is 3.12. The Labute approximate surface area is 212 Å². The minimum atomic E-state index is -0.423. The molecule has 1 aliphatic rings. The number of imidazole rings is 1. The van der Waals surface area contributed by atoms with Gasteiger partial charge in [-0.25, -0.2) is 9.18 Å². The summed E-state index contributed by atoms with van der Waals surface area (Å²) in [4.78, 5) is 32.8. The highest BCUT2D eigenvalue weighted by molar-refractivity contribution is 6.30. The second-order valence-electron chi connectivity index (χ2n) is 9.20. The Morgan fingerprint density at radius 2 is 1.81 bits per heavy atom. The largest absolute Gasteiger partial charge is 0.342 e. The number of benzene rings is 2. The van der Waals surface area contributed by atoms with Crippen molar-refractivity contribution in [2.45, 2.75) is 25.8 Å². The Balaban J connectivity index is 1.56. The molecule has 186 valence electrons. The Hall–Kier alpha value is -3.65. The number of halogens is 2. The topological polar surface area (TPSA) is 65.1 Å². The molecule has 0 unspecified atom stereocenters. The monoisotopic (exact) mass is 507 g/mol. The fraction of sp³-hybridized carbons (Fsp3) is 0.296. The summed E-state index contributed by atoms with van der Waals surface area (Å²) >= 11 is 6.16. The zero-order valence-corrected chi connectivity index (χ0v) is 21.0.